The molecule has 0 radical (unpaired) electrons. The van der Waals surface area contributed by atoms with Crippen LogP contribution in [0.4, 0.5) is 0 Å². The molecule has 1 unspecified atom stereocenters. The maximum absolute atomic E-state index is 11.5. The van der Waals surface area contributed by atoms with Gasteiger partial charge in [-0.05, 0) is 12.3 Å². The Morgan fingerprint density at radius 3 is 1.67 bits per heavy atom. The number of ether oxygens (including phenoxy) is 1. The summed E-state index contributed by atoms with van der Waals surface area (Å²) in [6.45, 7) is 5.91. The van der Waals surface area contributed by atoms with Crippen LogP contribution in [0.1, 0.15) is 97.8 Å². The molecule has 0 fully saturated rings. The zero-order valence-corrected chi connectivity index (χ0v) is 15.4. The van der Waals surface area contributed by atoms with Gasteiger partial charge in [0.1, 0.15) is 6.04 Å². The zero-order chi connectivity index (χ0) is 17.5. The Bertz CT molecular complexity index is 322. The molecule has 0 rings (SSSR count). The Hall–Kier alpha value is 0.1000. The summed E-state index contributed by atoms with van der Waals surface area (Å²) in [5.74, 6) is -1.06. The number of carbonyl (C=O) groups is 2. The van der Waals surface area contributed by atoms with E-state index in [0.29, 0.717) is 6.42 Å². The van der Waals surface area contributed by atoms with Crippen molar-refractivity contribution in [1.29, 1.82) is 0 Å². The molecule has 0 aliphatic heterocycles. The summed E-state index contributed by atoms with van der Waals surface area (Å²) >= 11 is 0. The molecule has 0 saturated carbocycles. The van der Waals surface area contributed by atoms with Gasteiger partial charge in [0.05, 0.1) is 0 Å². The molecule has 0 spiro atoms. The minimum atomic E-state index is -0.712. The molecule has 0 aliphatic rings. The van der Waals surface area contributed by atoms with Crippen LogP contribution >= 0.6 is 0 Å². The fourth-order valence-electron chi connectivity index (χ4n) is 2.44. The summed E-state index contributed by atoms with van der Waals surface area (Å²) in [6, 6.07) is -0.712. The van der Waals surface area contributed by atoms with Gasteiger partial charge in [-0.15, -0.1) is 0 Å². The van der Waals surface area contributed by atoms with Crippen molar-refractivity contribution in [3.63, 3.8) is 0 Å². The molecule has 0 aromatic carbocycles. The topological polar surface area (TPSA) is 69.4 Å². The third-order valence-electron chi connectivity index (χ3n) is 4.19. The van der Waals surface area contributed by atoms with Crippen LogP contribution in [0.2, 0.25) is 0 Å². The van der Waals surface area contributed by atoms with Crippen molar-refractivity contribution in [3.8, 4) is 0 Å². The molecule has 2 N–H and O–H groups in total. The second kappa shape index (κ2) is 17.9. The SMILES string of the molecule is CCCCCCCCCCCCCC(=O)OC(=O)C(N)C(C)C.[NaH]. The van der Waals surface area contributed by atoms with Gasteiger partial charge in [0.15, 0.2) is 0 Å². The Morgan fingerprint density at radius 1 is 0.833 bits per heavy atom. The van der Waals surface area contributed by atoms with Crippen molar-refractivity contribution in [2.24, 2.45) is 11.7 Å². The predicted octanol–water partition coefficient (Wildman–Crippen LogP) is 4.09. The van der Waals surface area contributed by atoms with Crippen LogP contribution in [0.5, 0.6) is 0 Å². The molecule has 1 atom stereocenters. The van der Waals surface area contributed by atoms with Gasteiger partial charge in [0.2, 0.25) is 0 Å². The van der Waals surface area contributed by atoms with Gasteiger partial charge in [0, 0.05) is 6.42 Å². The first-order valence-electron chi connectivity index (χ1n) is 9.49. The van der Waals surface area contributed by atoms with Crippen molar-refractivity contribution < 1.29 is 14.3 Å². The number of unbranched alkanes of at least 4 members (excludes halogenated alkanes) is 10. The molecular formula is C19H38NNaO3. The predicted molar refractivity (Wildman–Crippen MR) is 102 cm³/mol. The van der Waals surface area contributed by atoms with E-state index in [2.05, 4.69) is 6.92 Å². The van der Waals surface area contributed by atoms with Crippen molar-refractivity contribution in [2.45, 2.75) is 104 Å². The Labute approximate surface area is 170 Å². The third-order valence-corrected chi connectivity index (χ3v) is 4.19. The van der Waals surface area contributed by atoms with Gasteiger partial charge < -0.3 is 10.5 Å². The fraction of sp³-hybridized carbons (Fsp3) is 0.895. The van der Waals surface area contributed by atoms with Crippen LogP contribution in [0, 0.1) is 5.92 Å². The number of carbonyl (C=O) groups excluding carboxylic acids is 2. The number of hydrogen-bond donors (Lipinski definition) is 1. The van der Waals surface area contributed by atoms with E-state index < -0.39 is 18.0 Å². The second-order valence-electron chi connectivity index (χ2n) is 6.85. The molecular weight excluding hydrogens is 313 g/mol. The number of esters is 2. The van der Waals surface area contributed by atoms with Crippen LogP contribution in [0.25, 0.3) is 0 Å². The molecule has 0 aliphatic carbocycles. The standard InChI is InChI=1S/C19H37NO3.Na.H/c1-4-5-6-7-8-9-10-11-12-13-14-15-17(21)23-19(22)18(20)16(2)3;;/h16,18H,4-15,20H2,1-3H3;;. The first kappa shape index (κ1) is 26.3. The van der Waals surface area contributed by atoms with Crippen molar-refractivity contribution in [2.75, 3.05) is 0 Å². The Kier molecular flexibility index (Phi) is 19.6. The van der Waals surface area contributed by atoms with Gasteiger partial charge in [0.25, 0.3) is 0 Å². The van der Waals surface area contributed by atoms with E-state index in [0.717, 1.165) is 19.3 Å². The monoisotopic (exact) mass is 351 g/mol. The van der Waals surface area contributed by atoms with Crippen molar-refractivity contribution in [1.82, 2.24) is 0 Å². The van der Waals surface area contributed by atoms with Crippen molar-refractivity contribution in [3.05, 3.63) is 0 Å². The van der Waals surface area contributed by atoms with E-state index in [1.807, 2.05) is 13.8 Å². The summed E-state index contributed by atoms with van der Waals surface area (Å²) < 4.78 is 4.76. The first-order valence-corrected chi connectivity index (χ1v) is 9.49. The van der Waals surface area contributed by atoms with Crippen LogP contribution in [0.15, 0.2) is 0 Å². The molecule has 5 heteroatoms. The molecule has 0 amide bonds. The summed E-state index contributed by atoms with van der Waals surface area (Å²) in [5, 5.41) is 0. The van der Waals surface area contributed by atoms with Gasteiger partial charge in [-0.1, -0.05) is 85.0 Å². The molecule has 138 valence electrons. The third kappa shape index (κ3) is 15.6. The second-order valence-corrected chi connectivity index (χ2v) is 6.85. The zero-order valence-electron chi connectivity index (χ0n) is 15.4. The number of hydrogen-bond acceptors (Lipinski definition) is 4. The van der Waals surface area contributed by atoms with Crippen LogP contribution in [0.3, 0.4) is 0 Å². The van der Waals surface area contributed by atoms with Crippen LogP contribution in [-0.2, 0) is 14.3 Å². The number of nitrogens with two attached hydrogens (primary N) is 1. The van der Waals surface area contributed by atoms with E-state index in [4.69, 9.17) is 10.5 Å². The Morgan fingerprint density at radius 2 is 1.25 bits per heavy atom. The average Bonchev–Trinajstić information content (AvgIpc) is 2.51. The summed E-state index contributed by atoms with van der Waals surface area (Å²) in [7, 11) is 0. The molecule has 0 saturated heterocycles. The van der Waals surface area contributed by atoms with E-state index in [-0.39, 0.29) is 35.5 Å². The average molecular weight is 352 g/mol. The summed E-state index contributed by atoms with van der Waals surface area (Å²) in [6.07, 6.45) is 13.9. The van der Waals surface area contributed by atoms with Gasteiger partial charge in [-0.25, -0.2) is 4.79 Å². The van der Waals surface area contributed by atoms with Crippen LogP contribution < -0.4 is 5.73 Å². The van der Waals surface area contributed by atoms with Crippen molar-refractivity contribution >= 4 is 41.5 Å². The first-order chi connectivity index (χ1) is 11.0. The summed E-state index contributed by atoms with van der Waals surface area (Å²) in [4.78, 5) is 23.1. The molecule has 0 aromatic rings. The maximum atomic E-state index is 11.5. The minimum absolute atomic E-state index is 0. The quantitative estimate of drug-likeness (QED) is 0.221. The van der Waals surface area contributed by atoms with E-state index in [9.17, 15) is 9.59 Å². The molecule has 0 heterocycles. The van der Waals surface area contributed by atoms with Gasteiger partial charge in [-0.2, -0.15) is 0 Å². The normalized spacial score (nSPS) is 11.9. The fourth-order valence-corrected chi connectivity index (χ4v) is 2.44. The Balaban J connectivity index is 0. The van der Waals surface area contributed by atoms with Gasteiger partial charge >= 0.3 is 41.5 Å². The van der Waals surface area contributed by atoms with E-state index in [1.54, 1.807) is 0 Å². The van der Waals surface area contributed by atoms with Crippen LogP contribution in [-0.4, -0.2) is 47.5 Å². The molecule has 24 heavy (non-hydrogen) atoms. The molecule has 0 aromatic heterocycles. The number of rotatable bonds is 14. The van der Waals surface area contributed by atoms with Gasteiger partial charge in [-0.3, -0.25) is 4.79 Å². The van der Waals surface area contributed by atoms with E-state index >= 15 is 0 Å². The molecule has 4 nitrogen and oxygen atoms in total. The van der Waals surface area contributed by atoms with E-state index in [1.165, 1.54) is 51.4 Å². The molecule has 0 bridgehead atoms. The summed E-state index contributed by atoms with van der Waals surface area (Å²) in [5.41, 5.74) is 5.64.